The van der Waals surface area contributed by atoms with Crippen molar-refractivity contribution in [3.63, 3.8) is 0 Å². The lowest BCUT2D eigenvalue weighted by Crippen LogP contribution is -2.33. The third kappa shape index (κ3) is 7.25. The Hall–Kier alpha value is -3.97. The van der Waals surface area contributed by atoms with E-state index in [0.29, 0.717) is 11.1 Å². The van der Waals surface area contributed by atoms with Crippen LogP contribution in [-0.2, 0) is 4.79 Å². The van der Waals surface area contributed by atoms with E-state index in [1.807, 2.05) is 24.3 Å². The lowest BCUT2D eigenvalue weighted by molar-refractivity contribution is -0.117. The summed E-state index contributed by atoms with van der Waals surface area (Å²) in [6.07, 6.45) is 2.94. The molecule has 3 rings (SSSR count). The standard InChI is InChI=1S/C27H26ClFN4O2/c1-3-33(4-2)22-15-11-19(12-16-22)17-25(31-26(34)23-7-5-6-8-24(23)28)27(35)32-30-18-20-9-13-21(29)14-10-20/h5-18H,3-4H2,1-2H3,(H,31,34)(H,32,35)/b25-17+,30-18?. The summed E-state index contributed by atoms with van der Waals surface area (Å²) < 4.78 is 13.1. The second-order valence-corrected chi connectivity index (χ2v) is 7.91. The van der Waals surface area contributed by atoms with Gasteiger partial charge in [0.25, 0.3) is 11.8 Å². The van der Waals surface area contributed by atoms with Crippen molar-refractivity contribution in [1.29, 1.82) is 0 Å². The number of nitrogens with one attached hydrogen (secondary N) is 2. The Balaban J connectivity index is 1.84. The highest BCUT2D eigenvalue weighted by Crippen LogP contribution is 2.18. The lowest BCUT2D eigenvalue weighted by Gasteiger charge is -2.21. The highest BCUT2D eigenvalue weighted by Gasteiger charge is 2.16. The van der Waals surface area contributed by atoms with Crippen LogP contribution in [0.5, 0.6) is 0 Å². The normalized spacial score (nSPS) is 11.4. The van der Waals surface area contributed by atoms with E-state index in [1.165, 1.54) is 30.5 Å². The fourth-order valence-corrected chi connectivity index (χ4v) is 3.53. The zero-order valence-electron chi connectivity index (χ0n) is 19.5. The van der Waals surface area contributed by atoms with Crippen molar-refractivity contribution in [3.05, 3.63) is 106 Å². The van der Waals surface area contributed by atoms with Crippen molar-refractivity contribution in [2.45, 2.75) is 13.8 Å². The highest BCUT2D eigenvalue weighted by atomic mass is 35.5. The number of amides is 2. The summed E-state index contributed by atoms with van der Waals surface area (Å²) >= 11 is 6.14. The first-order chi connectivity index (χ1) is 16.9. The lowest BCUT2D eigenvalue weighted by atomic mass is 10.1. The molecule has 0 bridgehead atoms. The molecule has 0 aliphatic rings. The van der Waals surface area contributed by atoms with Crippen molar-refractivity contribution >= 4 is 41.4 Å². The van der Waals surface area contributed by atoms with Crippen molar-refractivity contribution in [1.82, 2.24) is 10.7 Å². The van der Waals surface area contributed by atoms with Gasteiger partial charge in [0.05, 0.1) is 16.8 Å². The second-order valence-electron chi connectivity index (χ2n) is 7.51. The molecule has 0 saturated carbocycles. The van der Waals surface area contributed by atoms with Gasteiger partial charge in [-0.3, -0.25) is 9.59 Å². The molecule has 6 nitrogen and oxygen atoms in total. The number of hydrogen-bond acceptors (Lipinski definition) is 4. The first-order valence-corrected chi connectivity index (χ1v) is 11.5. The summed E-state index contributed by atoms with van der Waals surface area (Å²) in [5, 5.41) is 6.82. The summed E-state index contributed by atoms with van der Waals surface area (Å²) in [6.45, 7) is 5.91. The Kier molecular flexibility index (Phi) is 9.15. The Morgan fingerprint density at radius 2 is 1.57 bits per heavy atom. The zero-order valence-corrected chi connectivity index (χ0v) is 20.2. The smallest absolute Gasteiger partial charge is 0.287 e. The highest BCUT2D eigenvalue weighted by molar-refractivity contribution is 6.34. The van der Waals surface area contributed by atoms with Crippen LogP contribution in [-0.4, -0.2) is 31.1 Å². The third-order valence-electron chi connectivity index (χ3n) is 5.19. The van der Waals surface area contributed by atoms with E-state index in [2.05, 4.69) is 34.6 Å². The summed E-state index contributed by atoms with van der Waals surface area (Å²) in [7, 11) is 0. The fraction of sp³-hybridized carbons (Fsp3) is 0.148. The van der Waals surface area contributed by atoms with Crippen LogP contribution in [0.4, 0.5) is 10.1 Å². The molecule has 0 atom stereocenters. The largest absolute Gasteiger partial charge is 0.372 e. The Morgan fingerprint density at radius 1 is 0.943 bits per heavy atom. The van der Waals surface area contributed by atoms with Crippen LogP contribution in [0.3, 0.4) is 0 Å². The average Bonchev–Trinajstić information content (AvgIpc) is 2.86. The van der Waals surface area contributed by atoms with Gasteiger partial charge in [0, 0.05) is 18.8 Å². The van der Waals surface area contributed by atoms with E-state index >= 15 is 0 Å². The molecule has 0 fully saturated rings. The van der Waals surface area contributed by atoms with Crippen LogP contribution in [0.15, 0.2) is 83.6 Å². The van der Waals surface area contributed by atoms with Crippen LogP contribution in [0, 0.1) is 5.82 Å². The molecule has 0 unspecified atom stereocenters. The fourth-order valence-electron chi connectivity index (χ4n) is 3.30. The van der Waals surface area contributed by atoms with Crippen molar-refractivity contribution in [2.75, 3.05) is 18.0 Å². The number of hydrazone groups is 1. The number of benzene rings is 3. The maximum absolute atomic E-state index is 13.1. The zero-order chi connectivity index (χ0) is 25.2. The maximum Gasteiger partial charge on any atom is 0.287 e. The summed E-state index contributed by atoms with van der Waals surface area (Å²) in [5.41, 5.74) is 5.00. The molecule has 0 saturated heterocycles. The second kappa shape index (κ2) is 12.5. The Labute approximate surface area is 209 Å². The number of carbonyl (C=O) groups excluding carboxylic acids is 2. The molecule has 0 radical (unpaired) electrons. The van der Waals surface area contributed by atoms with Gasteiger partial charge >= 0.3 is 0 Å². The molecule has 0 aliphatic carbocycles. The predicted molar refractivity (Wildman–Crippen MR) is 139 cm³/mol. The molecule has 2 N–H and O–H groups in total. The van der Waals surface area contributed by atoms with E-state index in [9.17, 15) is 14.0 Å². The summed E-state index contributed by atoms with van der Waals surface area (Å²) in [6, 6.07) is 19.8. The minimum absolute atomic E-state index is 0.0123. The number of halogens is 2. The maximum atomic E-state index is 13.1. The molecule has 0 spiro atoms. The minimum Gasteiger partial charge on any atom is -0.372 e. The third-order valence-corrected chi connectivity index (χ3v) is 5.52. The molecule has 35 heavy (non-hydrogen) atoms. The van der Waals surface area contributed by atoms with Gasteiger partial charge in [-0.25, -0.2) is 9.82 Å². The molecule has 0 aromatic heterocycles. The van der Waals surface area contributed by atoms with E-state index in [-0.39, 0.29) is 22.1 Å². The molecule has 2 amide bonds. The van der Waals surface area contributed by atoms with Gasteiger partial charge in [-0.05, 0) is 67.4 Å². The minimum atomic E-state index is -0.628. The van der Waals surface area contributed by atoms with Gasteiger partial charge in [0.2, 0.25) is 0 Å². The van der Waals surface area contributed by atoms with Crippen LogP contribution >= 0.6 is 11.6 Å². The molecular formula is C27H26ClFN4O2. The Morgan fingerprint density at radius 3 is 2.20 bits per heavy atom. The van der Waals surface area contributed by atoms with Crippen LogP contribution in [0.1, 0.15) is 35.3 Å². The Bertz CT molecular complexity index is 1220. The number of hydrogen-bond donors (Lipinski definition) is 2. The molecule has 3 aromatic rings. The van der Waals surface area contributed by atoms with Gasteiger partial charge in [0.1, 0.15) is 11.5 Å². The number of rotatable bonds is 9. The van der Waals surface area contributed by atoms with Crippen molar-refractivity contribution in [3.8, 4) is 0 Å². The topological polar surface area (TPSA) is 73.8 Å². The van der Waals surface area contributed by atoms with E-state index in [4.69, 9.17) is 11.6 Å². The van der Waals surface area contributed by atoms with Gasteiger partial charge in [0.15, 0.2) is 0 Å². The van der Waals surface area contributed by atoms with Crippen LogP contribution in [0.25, 0.3) is 6.08 Å². The van der Waals surface area contributed by atoms with E-state index < -0.39 is 11.8 Å². The molecule has 3 aromatic carbocycles. The van der Waals surface area contributed by atoms with E-state index in [1.54, 1.807) is 30.3 Å². The summed E-state index contributed by atoms with van der Waals surface area (Å²) in [5.74, 6) is -1.53. The average molecular weight is 493 g/mol. The quantitative estimate of drug-likeness (QED) is 0.243. The number of anilines is 1. The van der Waals surface area contributed by atoms with Crippen molar-refractivity contribution < 1.29 is 14.0 Å². The summed E-state index contributed by atoms with van der Waals surface area (Å²) in [4.78, 5) is 27.9. The molecule has 8 heteroatoms. The van der Waals surface area contributed by atoms with Crippen molar-refractivity contribution in [2.24, 2.45) is 5.10 Å². The van der Waals surface area contributed by atoms with Gasteiger partial charge in [-0.2, -0.15) is 5.10 Å². The molecule has 0 heterocycles. The SMILES string of the molecule is CCN(CC)c1ccc(/C=C(/NC(=O)c2ccccc2Cl)C(=O)NN=Cc2ccc(F)cc2)cc1. The molecular weight excluding hydrogens is 467 g/mol. The number of nitrogens with zero attached hydrogens (tertiary/aromatic N) is 2. The van der Waals surface area contributed by atoms with E-state index in [0.717, 1.165) is 18.8 Å². The van der Waals surface area contributed by atoms with Crippen LogP contribution < -0.4 is 15.6 Å². The predicted octanol–water partition coefficient (Wildman–Crippen LogP) is 5.25. The monoisotopic (exact) mass is 492 g/mol. The van der Waals surface area contributed by atoms with Gasteiger partial charge in [-0.1, -0.05) is 48.0 Å². The van der Waals surface area contributed by atoms with Gasteiger partial charge in [-0.15, -0.1) is 0 Å². The molecule has 180 valence electrons. The van der Waals surface area contributed by atoms with Crippen LogP contribution in [0.2, 0.25) is 5.02 Å². The number of carbonyl (C=O) groups is 2. The molecule has 0 aliphatic heterocycles. The first-order valence-electron chi connectivity index (χ1n) is 11.1. The first kappa shape index (κ1) is 25.6. The van der Waals surface area contributed by atoms with Gasteiger partial charge < -0.3 is 10.2 Å².